The van der Waals surface area contributed by atoms with Crippen molar-refractivity contribution in [1.82, 2.24) is 9.47 Å². The molecule has 5 nitrogen and oxygen atoms in total. The molecule has 0 aromatic carbocycles. The number of hydrogen-bond donors (Lipinski definition) is 1. The third kappa shape index (κ3) is 4.36. The van der Waals surface area contributed by atoms with Gasteiger partial charge in [-0.15, -0.1) is 0 Å². The second-order valence-corrected chi connectivity index (χ2v) is 8.46. The van der Waals surface area contributed by atoms with Crippen LogP contribution in [0.5, 0.6) is 0 Å². The van der Waals surface area contributed by atoms with Gasteiger partial charge in [-0.05, 0) is 42.6 Å². The number of likely N-dealkylation sites (tertiary alicyclic amines) is 1. The lowest BCUT2D eigenvalue weighted by atomic mass is 9.95. The van der Waals surface area contributed by atoms with Crippen molar-refractivity contribution in [3.8, 4) is 0 Å². The molecule has 2 heterocycles. The first kappa shape index (κ1) is 19.9. The average molecular weight is 385 g/mol. The van der Waals surface area contributed by atoms with Gasteiger partial charge < -0.3 is 15.2 Å². The van der Waals surface area contributed by atoms with E-state index in [0.717, 1.165) is 17.7 Å². The smallest absolute Gasteiger partial charge is 0.368 e. The minimum atomic E-state index is -4.61. The monoisotopic (exact) mass is 385 g/mol. The SMILES string of the molecule is CC(C)CC(C(N)=O)n1cc(CCN2CC3(CC3)C2)c(C(F)(F)F)cc1=O. The maximum absolute atomic E-state index is 13.4. The van der Waals surface area contributed by atoms with Crippen LogP contribution in [0.1, 0.15) is 50.3 Å². The zero-order chi connectivity index (χ0) is 20.0. The van der Waals surface area contributed by atoms with E-state index in [4.69, 9.17) is 5.73 Å². The Bertz CT molecular complexity index is 773. The van der Waals surface area contributed by atoms with Gasteiger partial charge in [0.05, 0.1) is 5.56 Å². The summed E-state index contributed by atoms with van der Waals surface area (Å²) in [6.45, 7) is 6.11. The molecule has 1 saturated carbocycles. The number of primary amides is 1. The lowest BCUT2D eigenvalue weighted by Gasteiger charge is -2.40. The van der Waals surface area contributed by atoms with E-state index in [1.165, 1.54) is 19.0 Å². The molecular weight excluding hydrogens is 359 g/mol. The van der Waals surface area contributed by atoms with Crippen molar-refractivity contribution < 1.29 is 18.0 Å². The molecule has 27 heavy (non-hydrogen) atoms. The predicted molar refractivity (Wildman–Crippen MR) is 95.2 cm³/mol. The Morgan fingerprint density at radius 2 is 1.93 bits per heavy atom. The van der Waals surface area contributed by atoms with Gasteiger partial charge in [-0.25, -0.2) is 0 Å². The normalized spacial score (nSPS) is 19.9. The molecule has 0 bridgehead atoms. The Kier molecular flexibility index (Phi) is 5.14. The van der Waals surface area contributed by atoms with Crippen LogP contribution in [0.15, 0.2) is 17.1 Å². The summed E-state index contributed by atoms with van der Waals surface area (Å²) < 4.78 is 41.4. The lowest BCUT2D eigenvalue weighted by molar-refractivity contribution is -0.138. The molecule has 1 spiro atoms. The summed E-state index contributed by atoms with van der Waals surface area (Å²) in [7, 11) is 0. The number of halogens is 3. The summed E-state index contributed by atoms with van der Waals surface area (Å²) >= 11 is 0. The molecular formula is C19H26F3N3O2. The van der Waals surface area contributed by atoms with Gasteiger partial charge in [0, 0.05) is 31.9 Å². The summed E-state index contributed by atoms with van der Waals surface area (Å²) in [5.74, 6) is -0.647. The topological polar surface area (TPSA) is 68.3 Å². The van der Waals surface area contributed by atoms with Gasteiger partial charge in [0.15, 0.2) is 0 Å². The van der Waals surface area contributed by atoms with Crippen molar-refractivity contribution in [2.45, 2.75) is 51.7 Å². The van der Waals surface area contributed by atoms with Crippen molar-refractivity contribution in [3.63, 3.8) is 0 Å². The predicted octanol–water partition coefficient (Wildman–Crippen LogP) is 2.58. The minimum absolute atomic E-state index is 0.0360. The van der Waals surface area contributed by atoms with Gasteiger partial charge in [0.1, 0.15) is 6.04 Å². The minimum Gasteiger partial charge on any atom is -0.368 e. The molecule has 2 N–H and O–H groups in total. The number of carbonyl (C=O) groups is 1. The zero-order valence-electron chi connectivity index (χ0n) is 15.7. The summed E-state index contributed by atoms with van der Waals surface area (Å²) in [5, 5.41) is 0. The fourth-order valence-electron chi connectivity index (χ4n) is 3.94. The van der Waals surface area contributed by atoms with Crippen molar-refractivity contribution in [2.75, 3.05) is 19.6 Å². The van der Waals surface area contributed by atoms with Crippen LogP contribution in [-0.4, -0.2) is 35.0 Å². The fraction of sp³-hybridized carbons (Fsp3) is 0.684. The Hall–Kier alpha value is -1.83. The number of nitrogens with zero attached hydrogens (tertiary/aromatic N) is 2. The van der Waals surface area contributed by atoms with Crippen molar-refractivity contribution >= 4 is 5.91 Å². The molecule has 1 aromatic heterocycles. The highest BCUT2D eigenvalue weighted by Gasteiger charge is 2.51. The van der Waals surface area contributed by atoms with Crippen LogP contribution in [0.2, 0.25) is 0 Å². The number of pyridine rings is 1. The van der Waals surface area contributed by atoms with Crippen LogP contribution >= 0.6 is 0 Å². The molecule has 8 heteroatoms. The molecule has 1 aliphatic heterocycles. The van der Waals surface area contributed by atoms with E-state index >= 15 is 0 Å². The Labute approximate surface area is 156 Å². The highest BCUT2D eigenvalue weighted by molar-refractivity contribution is 5.78. The van der Waals surface area contributed by atoms with E-state index in [0.29, 0.717) is 24.4 Å². The zero-order valence-corrected chi connectivity index (χ0v) is 15.7. The van der Waals surface area contributed by atoms with Crippen LogP contribution in [-0.2, 0) is 17.4 Å². The highest BCUT2D eigenvalue weighted by atomic mass is 19.4. The van der Waals surface area contributed by atoms with Gasteiger partial charge >= 0.3 is 6.18 Å². The van der Waals surface area contributed by atoms with Crippen molar-refractivity contribution in [3.05, 3.63) is 33.7 Å². The number of nitrogens with two attached hydrogens (primary N) is 1. The van der Waals surface area contributed by atoms with Crippen molar-refractivity contribution in [1.29, 1.82) is 0 Å². The van der Waals surface area contributed by atoms with Gasteiger partial charge in [0.2, 0.25) is 5.91 Å². The van der Waals surface area contributed by atoms with Crippen LogP contribution < -0.4 is 11.3 Å². The van der Waals surface area contributed by atoms with E-state index in [-0.39, 0.29) is 17.9 Å². The maximum Gasteiger partial charge on any atom is 0.416 e. The quantitative estimate of drug-likeness (QED) is 0.784. The van der Waals surface area contributed by atoms with Gasteiger partial charge in [-0.3, -0.25) is 9.59 Å². The number of rotatable bonds is 7. The van der Waals surface area contributed by atoms with Crippen LogP contribution in [0, 0.1) is 11.3 Å². The first-order valence-corrected chi connectivity index (χ1v) is 9.35. The molecule has 3 rings (SSSR count). The second-order valence-electron chi connectivity index (χ2n) is 8.46. The van der Waals surface area contributed by atoms with Crippen LogP contribution in [0.25, 0.3) is 0 Å². The van der Waals surface area contributed by atoms with E-state index in [2.05, 4.69) is 4.90 Å². The molecule has 1 aliphatic carbocycles. The molecule has 1 amide bonds. The Balaban J connectivity index is 1.87. The highest BCUT2D eigenvalue weighted by Crippen LogP contribution is 2.52. The summed E-state index contributed by atoms with van der Waals surface area (Å²) in [6.07, 6.45) is -0.529. The van der Waals surface area contributed by atoms with Gasteiger partial charge in [-0.2, -0.15) is 13.2 Å². The number of aromatic nitrogens is 1. The van der Waals surface area contributed by atoms with Gasteiger partial charge in [-0.1, -0.05) is 13.8 Å². The number of amides is 1. The molecule has 150 valence electrons. The van der Waals surface area contributed by atoms with Crippen LogP contribution in [0.3, 0.4) is 0 Å². The molecule has 0 radical (unpaired) electrons. The molecule has 1 aromatic rings. The summed E-state index contributed by atoms with van der Waals surface area (Å²) in [5.41, 5.74) is 4.12. The molecule has 2 aliphatic rings. The third-order valence-corrected chi connectivity index (χ3v) is 5.60. The summed E-state index contributed by atoms with van der Waals surface area (Å²) in [6, 6.07) is -0.346. The van der Waals surface area contributed by atoms with E-state index in [1.807, 2.05) is 13.8 Å². The first-order chi connectivity index (χ1) is 12.5. The first-order valence-electron chi connectivity index (χ1n) is 9.35. The summed E-state index contributed by atoms with van der Waals surface area (Å²) in [4.78, 5) is 26.3. The Morgan fingerprint density at radius 1 is 1.30 bits per heavy atom. The van der Waals surface area contributed by atoms with Gasteiger partial charge in [0.25, 0.3) is 5.56 Å². The average Bonchev–Trinajstić information content (AvgIpc) is 3.30. The molecule has 2 fully saturated rings. The lowest BCUT2D eigenvalue weighted by Crippen LogP contribution is -2.49. The molecule has 1 unspecified atom stereocenters. The van der Waals surface area contributed by atoms with E-state index in [1.54, 1.807) is 0 Å². The van der Waals surface area contributed by atoms with E-state index < -0.39 is 29.2 Å². The number of carbonyl (C=O) groups excluding carboxylic acids is 1. The largest absolute Gasteiger partial charge is 0.416 e. The Morgan fingerprint density at radius 3 is 2.41 bits per heavy atom. The fourth-order valence-corrected chi connectivity index (χ4v) is 3.94. The van der Waals surface area contributed by atoms with Crippen molar-refractivity contribution in [2.24, 2.45) is 17.1 Å². The van der Waals surface area contributed by atoms with Crippen LogP contribution in [0.4, 0.5) is 13.2 Å². The third-order valence-electron chi connectivity index (χ3n) is 5.60. The maximum atomic E-state index is 13.4. The molecule has 1 saturated heterocycles. The second kappa shape index (κ2) is 6.96. The number of hydrogen-bond acceptors (Lipinski definition) is 3. The number of alkyl halides is 3. The van der Waals surface area contributed by atoms with E-state index in [9.17, 15) is 22.8 Å². The standard InChI is InChI=1S/C19H26F3N3O2/c1-12(2)7-15(17(23)27)25-9-13(14(8-16(25)26)19(20,21)22)3-6-24-10-18(11-24)4-5-18/h8-9,12,15H,3-7,10-11H2,1-2H3,(H2,23,27). The molecule has 1 atom stereocenters.